The van der Waals surface area contributed by atoms with E-state index in [4.69, 9.17) is 6.42 Å². The highest BCUT2D eigenvalue weighted by atomic mass is 16.2. The number of carbonyl (C=O) groups excluding carboxylic acids is 1. The van der Waals surface area contributed by atoms with Crippen LogP contribution in [0.5, 0.6) is 0 Å². The quantitative estimate of drug-likeness (QED) is 0.313. The van der Waals surface area contributed by atoms with Crippen molar-refractivity contribution in [3.8, 4) is 24.2 Å². The summed E-state index contributed by atoms with van der Waals surface area (Å²) in [6.07, 6.45) is 20.2. The lowest BCUT2D eigenvalue weighted by atomic mass is 10.1. The third-order valence-corrected chi connectivity index (χ3v) is 3.22. The summed E-state index contributed by atoms with van der Waals surface area (Å²) in [5.74, 6) is 7.88. The van der Waals surface area contributed by atoms with Crippen LogP contribution in [-0.4, -0.2) is 23.9 Å². The first-order valence-electron chi connectivity index (χ1n) is 7.38. The van der Waals surface area contributed by atoms with Gasteiger partial charge in [0, 0.05) is 19.5 Å². The highest BCUT2D eigenvalue weighted by Gasteiger charge is 2.13. The number of amides is 1. The Labute approximate surface area is 122 Å². The van der Waals surface area contributed by atoms with Gasteiger partial charge in [-0.05, 0) is 56.4 Å². The molecule has 1 saturated heterocycles. The van der Waals surface area contributed by atoms with E-state index >= 15 is 0 Å². The van der Waals surface area contributed by atoms with Gasteiger partial charge < -0.3 is 4.90 Å². The molecule has 0 N–H and O–H groups in total. The Balaban J connectivity index is 2.06. The van der Waals surface area contributed by atoms with E-state index in [1.54, 1.807) is 6.08 Å². The number of nitrogens with zero attached hydrogens (tertiary/aromatic N) is 1. The smallest absolute Gasteiger partial charge is 0.246 e. The van der Waals surface area contributed by atoms with Gasteiger partial charge in [-0.1, -0.05) is 24.1 Å². The van der Waals surface area contributed by atoms with Gasteiger partial charge in [0.1, 0.15) is 0 Å². The van der Waals surface area contributed by atoms with Gasteiger partial charge in [0.2, 0.25) is 5.91 Å². The molecule has 0 aliphatic carbocycles. The zero-order valence-corrected chi connectivity index (χ0v) is 12.1. The molecule has 1 rings (SSSR count). The fraction of sp³-hybridized carbons (Fsp3) is 0.500. The standard InChI is InChI=1S/C18H23NO/c1-2-3-4-5-6-7-8-9-10-12-15-18(20)19-16-13-11-14-17-19/h1,6-7,12,15H,5,8-11,13-14,16-17H2/b7-6-,15-12+. The maximum atomic E-state index is 11.8. The van der Waals surface area contributed by atoms with Crippen LogP contribution in [0.4, 0.5) is 0 Å². The summed E-state index contributed by atoms with van der Waals surface area (Å²) < 4.78 is 0. The van der Waals surface area contributed by atoms with Crippen LogP contribution in [0, 0.1) is 24.2 Å². The van der Waals surface area contributed by atoms with Crippen molar-refractivity contribution in [2.75, 3.05) is 13.1 Å². The molecule has 0 atom stereocenters. The molecule has 0 aromatic carbocycles. The number of allylic oxidation sites excluding steroid dienone is 3. The molecule has 2 nitrogen and oxygen atoms in total. The molecule has 1 amide bonds. The third-order valence-electron chi connectivity index (χ3n) is 3.22. The van der Waals surface area contributed by atoms with Gasteiger partial charge in [0.25, 0.3) is 0 Å². The van der Waals surface area contributed by atoms with Crippen molar-refractivity contribution in [2.24, 2.45) is 0 Å². The maximum Gasteiger partial charge on any atom is 0.246 e. The summed E-state index contributed by atoms with van der Waals surface area (Å²) in [6.45, 7) is 1.84. The summed E-state index contributed by atoms with van der Waals surface area (Å²) in [6, 6.07) is 0. The van der Waals surface area contributed by atoms with E-state index in [0.29, 0.717) is 6.42 Å². The maximum absolute atomic E-state index is 11.8. The molecule has 106 valence electrons. The number of terminal acetylenes is 1. The summed E-state index contributed by atoms with van der Waals surface area (Å²) in [5.41, 5.74) is 0. The highest BCUT2D eigenvalue weighted by molar-refractivity contribution is 5.87. The van der Waals surface area contributed by atoms with E-state index < -0.39 is 0 Å². The van der Waals surface area contributed by atoms with Gasteiger partial charge in [0.05, 0.1) is 0 Å². The lowest BCUT2D eigenvalue weighted by molar-refractivity contribution is -0.126. The zero-order chi connectivity index (χ0) is 14.5. The van der Waals surface area contributed by atoms with Crippen molar-refractivity contribution in [3.63, 3.8) is 0 Å². The van der Waals surface area contributed by atoms with Crippen LogP contribution in [0.2, 0.25) is 0 Å². The second-order valence-corrected chi connectivity index (χ2v) is 4.84. The van der Waals surface area contributed by atoms with Gasteiger partial charge in [-0.3, -0.25) is 4.79 Å². The van der Waals surface area contributed by atoms with Gasteiger partial charge >= 0.3 is 0 Å². The molecule has 0 unspecified atom stereocenters. The van der Waals surface area contributed by atoms with Gasteiger partial charge in [-0.15, -0.1) is 6.42 Å². The Morgan fingerprint density at radius 1 is 1.10 bits per heavy atom. The molecule has 1 aliphatic rings. The number of rotatable bonds is 6. The SMILES string of the molecule is C#CC#CC/C=C\CCC/C=C/C(=O)N1CCCCC1. The summed E-state index contributed by atoms with van der Waals surface area (Å²) >= 11 is 0. The zero-order valence-electron chi connectivity index (χ0n) is 12.1. The van der Waals surface area contributed by atoms with Gasteiger partial charge in [-0.25, -0.2) is 0 Å². The van der Waals surface area contributed by atoms with Gasteiger partial charge in [0.15, 0.2) is 0 Å². The third kappa shape index (κ3) is 7.49. The van der Waals surface area contributed by atoms with Crippen LogP contribution >= 0.6 is 0 Å². The second kappa shape index (κ2) is 10.9. The minimum Gasteiger partial charge on any atom is -0.339 e. The molecule has 0 bridgehead atoms. The molecule has 1 fully saturated rings. The molecule has 1 aliphatic heterocycles. The van der Waals surface area contributed by atoms with E-state index in [-0.39, 0.29) is 5.91 Å². The summed E-state index contributed by atoms with van der Waals surface area (Å²) in [4.78, 5) is 13.8. The lowest BCUT2D eigenvalue weighted by Crippen LogP contribution is -2.34. The Morgan fingerprint density at radius 3 is 2.60 bits per heavy atom. The fourth-order valence-electron chi connectivity index (χ4n) is 2.12. The predicted molar refractivity (Wildman–Crippen MR) is 83.8 cm³/mol. The van der Waals surface area contributed by atoms with Crippen LogP contribution in [0.25, 0.3) is 0 Å². The molecule has 1 heterocycles. The number of unbranched alkanes of at least 4 members (excludes halogenated alkanes) is 2. The van der Waals surface area contributed by atoms with Crippen molar-refractivity contribution in [2.45, 2.75) is 44.9 Å². The second-order valence-electron chi connectivity index (χ2n) is 4.84. The van der Waals surface area contributed by atoms with Gasteiger partial charge in [-0.2, -0.15) is 0 Å². The van der Waals surface area contributed by atoms with E-state index in [0.717, 1.165) is 45.2 Å². The molecule has 0 radical (unpaired) electrons. The highest BCUT2D eigenvalue weighted by Crippen LogP contribution is 2.09. The normalized spacial score (nSPS) is 15.1. The monoisotopic (exact) mass is 269 g/mol. The first kappa shape index (κ1) is 16.1. The number of carbonyl (C=O) groups is 1. The van der Waals surface area contributed by atoms with Crippen LogP contribution in [0.15, 0.2) is 24.3 Å². The van der Waals surface area contributed by atoms with E-state index in [1.807, 2.05) is 17.1 Å². The van der Waals surface area contributed by atoms with Crippen molar-refractivity contribution in [3.05, 3.63) is 24.3 Å². The van der Waals surface area contributed by atoms with Crippen molar-refractivity contribution in [1.29, 1.82) is 0 Å². The molecule has 0 spiro atoms. The minimum atomic E-state index is 0.171. The topological polar surface area (TPSA) is 20.3 Å². The molecular weight excluding hydrogens is 246 g/mol. The molecule has 0 aromatic heterocycles. The predicted octanol–water partition coefficient (Wildman–Crippen LogP) is 3.31. The Bertz CT molecular complexity index is 436. The molecule has 0 aromatic rings. The van der Waals surface area contributed by atoms with Crippen LogP contribution in [0.3, 0.4) is 0 Å². The number of piperidine rings is 1. The van der Waals surface area contributed by atoms with E-state index in [9.17, 15) is 4.79 Å². The van der Waals surface area contributed by atoms with E-state index in [2.05, 4.69) is 23.8 Å². The van der Waals surface area contributed by atoms with Crippen molar-refractivity contribution < 1.29 is 4.79 Å². The number of hydrogen-bond acceptors (Lipinski definition) is 1. The minimum absolute atomic E-state index is 0.171. The fourth-order valence-corrected chi connectivity index (χ4v) is 2.12. The largest absolute Gasteiger partial charge is 0.339 e. The average Bonchev–Trinajstić information content (AvgIpc) is 2.50. The van der Waals surface area contributed by atoms with Crippen LogP contribution in [-0.2, 0) is 4.79 Å². The lowest BCUT2D eigenvalue weighted by Gasteiger charge is -2.25. The number of hydrogen-bond donors (Lipinski definition) is 0. The molecule has 0 saturated carbocycles. The molecular formula is C18H23NO. The van der Waals surface area contributed by atoms with E-state index in [1.165, 1.54) is 6.42 Å². The first-order valence-corrected chi connectivity index (χ1v) is 7.38. The van der Waals surface area contributed by atoms with Crippen molar-refractivity contribution in [1.82, 2.24) is 4.90 Å². The first-order chi connectivity index (χ1) is 9.84. The molecule has 20 heavy (non-hydrogen) atoms. The summed E-state index contributed by atoms with van der Waals surface area (Å²) in [7, 11) is 0. The Morgan fingerprint density at radius 2 is 1.85 bits per heavy atom. The Hall–Kier alpha value is -1.93. The average molecular weight is 269 g/mol. The van der Waals surface area contributed by atoms with Crippen LogP contribution in [0.1, 0.15) is 44.9 Å². The molecule has 2 heteroatoms. The summed E-state index contributed by atoms with van der Waals surface area (Å²) in [5, 5.41) is 0. The van der Waals surface area contributed by atoms with Crippen LogP contribution < -0.4 is 0 Å². The van der Waals surface area contributed by atoms with Crippen molar-refractivity contribution >= 4 is 5.91 Å². The number of likely N-dealkylation sites (tertiary alicyclic amines) is 1. The Kier molecular flexibility index (Phi) is 8.82.